The largest absolute Gasteiger partial charge is 0.455 e. The number of benzene rings is 4. The lowest BCUT2D eigenvalue weighted by Crippen LogP contribution is -2.32. The topological polar surface area (TPSA) is 118 Å². The second kappa shape index (κ2) is 12.1. The van der Waals surface area contributed by atoms with Gasteiger partial charge in [0.2, 0.25) is 0 Å². The van der Waals surface area contributed by atoms with Gasteiger partial charge in [-0.15, -0.1) is 0 Å². The number of fused-ring (bicyclic) bond motifs is 3. The van der Waals surface area contributed by atoms with Crippen LogP contribution in [0, 0.1) is 6.92 Å². The Bertz CT molecular complexity index is 2030. The number of carbonyl (C=O) groups excluding carboxylic acids is 2. The summed E-state index contributed by atoms with van der Waals surface area (Å²) in [6, 6.07) is 28.6. The van der Waals surface area contributed by atoms with Crippen molar-refractivity contribution < 1.29 is 18.7 Å². The van der Waals surface area contributed by atoms with E-state index < -0.39 is 11.7 Å². The van der Waals surface area contributed by atoms with E-state index in [0.29, 0.717) is 23.6 Å². The predicted molar refractivity (Wildman–Crippen MR) is 177 cm³/mol. The van der Waals surface area contributed by atoms with Gasteiger partial charge in [-0.25, -0.2) is 14.8 Å². The Morgan fingerprint density at radius 1 is 0.867 bits per heavy atom. The molecule has 0 spiro atoms. The molecule has 0 fully saturated rings. The normalized spacial score (nSPS) is 11.4. The van der Waals surface area contributed by atoms with Crippen molar-refractivity contribution in [2.45, 2.75) is 39.8 Å². The number of nitrogens with zero attached hydrogens (tertiary/aromatic N) is 2. The number of aromatic nitrogens is 2. The smallest absolute Gasteiger partial charge is 0.407 e. The minimum Gasteiger partial charge on any atom is -0.455 e. The van der Waals surface area contributed by atoms with Gasteiger partial charge in [0.05, 0.1) is 5.69 Å². The van der Waals surface area contributed by atoms with Gasteiger partial charge in [-0.05, 0) is 75.2 Å². The minimum absolute atomic E-state index is 0.250. The minimum atomic E-state index is -0.569. The number of amides is 2. The first-order valence-corrected chi connectivity index (χ1v) is 14.6. The number of furan rings is 1. The molecule has 3 N–H and O–H groups in total. The second-order valence-corrected chi connectivity index (χ2v) is 11.7. The highest BCUT2D eigenvalue weighted by molar-refractivity contribution is 6.09. The first-order valence-electron chi connectivity index (χ1n) is 14.6. The standard InChI is InChI=1S/C36H33N5O4/c1-22-12-17-25(40-34(42)24-15-13-23(14-16-24)20-37-35(43)45-36(2,3)4)18-29(22)41-32-19-30(38-21-39-32)28-10-7-9-27-26-8-5-6-11-31(26)44-33(27)28/h5-19,21H,20H2,1-4H3,(H,37,43)(H,40,42)(H,38,39,41). The molecule has 0 saturated carbocycles. The Labute approximate surface area is 260 Å². The van der Waals surface area contributed by atoms with E-state index in [1.54, 1.807) is 24.3 Å². The number of rotatable bonds is 7. The average molecular weight is 600 g/mol. The molecule has 0 unspecified atom stereocenters. The van der Waals surface area contributed by atoms with Gasteiger partial charge in [-0.1, -0.05) is 48.5 Å². The lowest BCUT2D eigenvalue weighted by Gasteiger charge is -2.19. The zero-order valence-electron chi connectivity index (χ0n) is 25.5. The van der Waals surface area contributed by atoms with Crippen molar-refractivity contribution in [1.82, 2.24) is 15.3 Å². The third-order valence-electron chi connectivity index (χ3n) is 7.16. The Hall–Kier alpha value is -5.70. The molecule has 0 aliphatic carbocycles. The molecule has 0 aliphatic rings. The quantitative estimate of drug-likeness (QED) is 0.169. The van der Waals surface area contributed by atoms with E-state index in [1.165, 1.54) is 6.33 Å². The molecule has 45 heavy (non-hydrogen) atoms. The Morgan fingerprint density at radius 3 is 2.44 bits per heavy atom. The average Bonchev–Trinajstić information content (AvgIpc) is 3.40. The van der Waals surface area contributed by atoms with Crippen LogP contribution in [-0.2, 0) is 11.3 Å². The summed E-state index contributed by atoms with van der Waals surface area (Å²) in [4.78, 5) is 33.9. The third-order valence-corrected chi connectivity index (χ3v) is 7.16. The fourth-order valence-corrected chi connectivity index (χ4v) is 4.96. The summed E-state index contributed by atoms with van der Waals surface area (Å²) in [6.45, 7) is 7.70. The summed E-state index contributed by atoms with van der Waals surface area (Å²) in [5, 5.41) is 11.1. The van der Waals surface area contributed by atoms with Crippen LogP contribution in [0.25, 0.3) is 33.2 Å². The van der Waals surface area contributed by atoms with Crippen molar-refractivity contribution in [3.05, 3.63) is 114 Å². The van der Waals surface area contributed by atoms with E-state index in [0.717, 1.165) is 50.0 Å². The molecule has 2 amide bonds. The molecule has 9 nitrogen and oxygen atoms in total. The van der Waals surface area contributed by atoms with E-state index in [1.807, 2.05) is 94.4 Å². The van der Waals surface area contributed by atoms with E-state index in [2.05, 4.69) is 25.9 Å². The summed E-state index contributed by atoms with van der Waals surface area (Å²) in [6.07, 6.45) is 1.03. The number of ether oxygens (including phenoxy) is 1. The molecular formula is C36H33N5O4. The third kappa shape index (κ3) is 6.78. The van der Waals surface area contributed by atoms with Gasteiger partial charge in [0.25, 0.3) is 5.91 Å². The monoisotopic (exact) mass is 599 g/mol. The van der Waals surface area contributed by atoms with Gasteiger partial charge in [-0.3, -0.25) is 4.79 Å². The van der Waals surface area contributed by atoms with Crippen LogP contribution in [0.3, 0.4) is 0 Å². The molecule has 0 radical (unpaired) electrons. The summed E-state index contributed by atoms with van der Waals surface area (Å²) < 4.78 is 11.5. The Kier molecular flexibility index (Phi) is 7.91. The van der Waals surface area contributed by atoms with Crippen LogP contribution in [0.15, 0.2) is 102 Å². The van der Waals surface area contributed by atoms with Crippen LogP contribution in [0.1, 0.15) is 42.3 Å². The number of aryl methyl sites for hydroxylation is 1. The lowest BCUT2D eigenvalue weighted by atomic mass is 10.1. The number of alkyl carbamates (subject to hydrolysis) is 1. The first kappa shape index (κ1) is 29.4. The van der Waals surface area contributed by atoms with Crippen LogP contribution in [0.4, 0.5) is 22.0 Å². The van der Waals surface area contributed by atoms with Crippen molar-refractivity contribution in [3.8, 4) is 11.3 Å². The van der Waals surface area contributed by atoms with Gasteiger partial charge in [0.15, 0.2) is 0 Å². The van der Waals surface area contributed by atoms with Crippen LogP contribution in [0.2, 0.25) is 0 Å². The summed E-state index contributed by atoms with van der Waals surface area (Å²) in [5.41, 5.74) is 6.38. The van der Waals surface area contributed by atoms with Crippen molar-refractivity contribution in [1.29, 1.82) is 0 Å². The number of hydrogen-bond acceptors (Lipinski definition) is 7. The Morgan fingerprint density at radius 2 is 1.64 bits per heavy atom. The molecule has 6 rings (SSSR count). The van der Waals surface area contributed by atoms with Crippen molar-refractivity contribution >= 4 is 51.1 Å². The summed E-state index contributed by atoms with van der Waals surface area (Å²) in [5.74, 6) is 0.356. The maximum Gasteiger partial charge on any atom is 0.407 e. The SMILES string of the molecule is Cc1ccc(NC(=O)c2ccc(CNC(=O)OC(C)(C)C)cc2)cc1Nc1cc(-c2cccc3c2oc2ccccc23)ncn1. The van der Waals surface area contributed by atoms with E-state index in [-0.39, 0.29) is 5.91 Å². The van der Waals surface area contributed by atoms with Crippen molar-refractivity contribution in [3.63, 3.8) is 0 Å². The molecule has 4 aromatic carbocycles. The van der Waals surface area contributed by atoms with Gasteiger partial charge in [-0.2, -0.15) is 0 Å². The van der Waals surface area contributed by atoms with Gasteiger partial charge < -0.3 is 25.1 Å². The van der Waals surface area contributed by atoms with Crippen LogP contribution >= 0.6 is 0 Å². The van der Waals surface area contributed by atoms with E-state index in [4.69, 9.17) is 9.15 Å². The fourth-order valence-electron chi connectivity index (χ4n) is 4.96. The molecule has 0 aliphatic heterocycles. The first-order chi connectivity index (χ1) is 21.6. The Balaban J connectivity index is 1.15. The summed E-state index contributed by atoms with van der Waals surface area (Å²) >= 11 is 0. The zero-order valence-corrected chi connectivity index (χ0v) is 25.5. The van der Waals surface area contributed by atoms with Crippen molar-refractivity contribution in [2.75, 3.05) is 10.6 Å². The van der Waals surface area contributed by atoms with E-state index in [9.17, 15) is 9.59 Å². The molecule has 0 bridgehead atoms. The number of carbonyl (C=O) groups is 2. The highest BCUT2D eigenvalue weighted by Crippen LogP contribution is 2.35. The molecule has 9 heteroatoms. The molecule has 0 saturated heterocycles. The molecule has 226 valence electrons. The highest BCUT2D eigenvalue weighted by atomic mass is 16.6. The fraction of sp³-hybridized carbons (Fsp3) is 0.167. The van der Waals surface area contributed by atoms with Crippen LogP contribution in [0.5, 0.6) is 0 Å². The maximum absolute atomic E-state index is 13.0. The molecule has 2 aromatic heterocycles. The van der Waals surface area contributed by atoms with Crippen molar-refractivity contribution in [2.24, 2.45) is 0 Å². The lowest BCUT2D eigenvalue weighted by molar-refractivity contribution is 0.0523. The highest BCUT2D eigenvalue weighted by Gasteiger charge is 2.16. The van der Waals surface area contributed by atoms with E-state index >= 15 is 0 Å². The molecule has 2 heterocycles. The molecule has 0 atom stereocenters. The zero-order chi connectivity index (χ0) is 31.6. The number of nitrogens with one attached hydrogen (secondary N) is 3. The van der Waals surface area contributed by atoms with Gasteiger partial charge in [0.1, 0.15) is 28.9 Å². The number of hydrogen-bond donors (Lipinski definition) is 3. The second-order valence-electron chi connectivity index (χ2n) is 11.7. The summed E-state index contributed by atoms with van der Waals surface area (Å²) in [7, 11) is 0. The van der Waals surface area contributed by atoms with Gasteiger partial charge >= 0.3 is 6.09 Å². The molecule has 6 aromatic rings. The molecular weight excluding hydrogens is 566 g/mol. The van der Waals surface area contributed by atoms with Crippen LogP contribution < -0.4 is 16.0 Å². The van der Waals surface area contributed by atoms with Gasteiger partial charge in [0, 0.05) is 45.9 Å². The van der Waals surface area contributed by atoms with Crippen LogP contribution in [-0.4, -0.2) is 27.6 Å². The number of para-hydroxylation sites is 2. The number of anilines is 3. The predicted octanol–water partition coefficient (Wildman–Crippen LogP) is 8.37. The maximum atomic E-state index is 13.0.